The maximum Gasteiger partial charge on any atom is 0.257 e. The van der Waals surface area contributed by atoms with E-state index >= 15 is 0 Å². The number of fused-ring (bicyclic) bond motifs is 1. The Morgan fingerprint density at radius 1 is 1.22 bits per heavy atom. The van der Waals surface area contributed by atoms with E-state index in [-0.39, 0.29) is 12.1 Å². The number of amides is 1. The summed E-state index contributed by atoms with van der Waals surface area (Å²) in [5, 5.41) is 3.46. The maximum atomic E-state index is 12.7. The Balaban J connectivity index is 1.89. The predicted molar refractivity (Wildman–Crippen MR) is 91.7 cm³/mol. The van der Waals surface area contributed by atoms with Crippen LogP contribution in [0.25, 0.3) is 0 Å². The molecule has 1 N–H and O–H groups in total. The minimum atomic E-state index is -0.171. The second-order valence-electron chi connectivity index (χ2n) is 5.35. The van der Waals surface area contributed by atoms with Crippen LogP contribution >= 0.6 is 0 Å². The van der Waals surface area contributed by atoms with Crippen LogP contribution in [0.15, 0.2) is 61.2 Å². The summed E-state index contributed by atoms with van der Waals surface area (Å²) in [6.45, 7) is 6.75. The molecule has 1 aliphatic heterocycles. The van der Waals surface area contributed by atoms with E-state index in [1.165, 1.54) is 0 Å². The number of benzene rings is 2. The van der Waals surface area contributed by atoms with Crippen LogP contribution in [0.5, 0.6) is 5.75 Å². The first-order valence-electron chi connectivity index (χ1n) is 7.74. The quantitative estimate of drug-likeness (QED) is 0.853. The van der Waals surface area contributed by atoms with Gasteiger partial charge in [-0.3, -0.25) is 4.79 Å². The highest BCUT2D eigenvalue weighted by atomic mass is 16.5. The number of ether oxygens (including phenoxy) is 1. The number of carbonyl (C=O) groups is 1. The number of rotatable bonds is 5. The fraction of sp³-hybridized carbons (Fsp3) is 0.211. The van der Waals surface area contributed by atoms with Crippen LogP contribution in [0.2, 0.25) is 0 Å². The van der Waals surface area contributed by atoms with Gasteiger partial charge in [0.25, 0.3) is 5.91 Å². The largest absolute Gasteiger partial charge is 0.490 e. The molecule has 4 nitrogen and oxygen atoms in total. The van der Waals surface area contributed by atoms with Gasteiger partial charge in [0.1, 0.15) is 18.5 Å². The number of hydrogen-bond donors (Lipinski definition) is 1. The number of hydrogen-bond acceptors (Lipinski definition) is 3. The molecule has 3 rings (SSSR count). The Labute approximate surface area is 136 Å². The van der Waals surface area contributed by atoms with Gasteiger partial charge in [-0.05, 0) is 36.8 Å². The Morgan fingerprint density at radius 2 is 1.96 bits per heavy atom. The van der Waals surface area contributed by atoms with E-state index in [9.17, 15) is 4.79 Å². The Kier molecular flexibility index (Phi) is 4.33. The number of anilines is 1. The molecule has 1 aliphatic rings. The van der Waals surface area contributed by atoms with Crippen molar-refractivity contribution in [2.45, 2.75) is 13.1 Å². The molecule has 1 unspecified atom stereocenters. The van der Waals surface area contributed by atoms with Crippen molar-refractivity contribution in [3.63, 3.8) is 0 Å². The van der Waals surface area contributed by atoms with Crippen LogP contribution < -0.4 is 10.1 Å². The second-order valence-corrected chi connectivity index (χ2v) is 5.35. The van der Waals surface area contributed by atoms with E-state index in [1.807, 2.05) is 60.4 Å². The average molecular weight is 308 g/mol. The summed E-state index contributed by atoms with van der Waals surface area (Å²) in [5.74, 6) is 0.845. The Bertz CT molecular complexity index is 710. The van der Waals surface area contributed by atoms with Crippen LogP contribution in [0.3, 0.4) is 0 Å². The van der Waals surface area contributed by atoms with Crippen molar-refractivity contribution in [1.82, 2.24) is 4.90 Å². The van der Waals surface area contributed by atoms with Gasteiger partial charge in [0, 0.05) is 12.2 Å². The van der Waals surface area contributed by atoms with E-state index in [2.05, 4.69) is 11.9 Å². The first kappa shape index (κ1) is 15.2. The third-order valence-electron chi connectivity index (χ3n) is 3.93. The highest BCUT2D eigenvalue weighted by Crippen LogP contribution is 2.33. The lowest BCUT2D eigenvalue weighted by atomic mass is 10.0. The van der Waals surface area contributed by atoms with Gasteiger partial charge < -0.3 is 15.0 Å². The summed E-state index contributed by atoms with van der Waals surface area (Å²) in [6, 6.07) is 15.4. The zero-order chi connectivity index (χ0) is 16.2. The molecular weight excluding hydrogens is 288 g/mol. The lowest BCUT2D eigenvalue weighted by Crippen LogP contribution is -2.42. The lowest BCUT2D eigenvalue weighted by molar-refractivity contribution is 0.0695. The molecule has 0 aromatic heterocycles. The van der Waals surface area contributed by atoms with Gasteiger partial charge in [-0.15, -0.1) is 0 Å². The molecule has 2 aromatic carbocycles. The molecule has 0 saturated carbocycles. The van der Waals surface area contributed by atoms with E-state index in [0.717, 1.165) is 22.6 Å². The molecule has 23 heavy (non-hydrogen) atoms. The van der Waals surface area contributed by atoms with E-state index in [4.69, 9.17) is 4.74 Å². The summed E-state index contributed by atoms with van der Waals surface area (Å²) in [5.41, 5.74) is 2.62. The first-order valence-corrected chi connectivity index (χ1v) is 7.74. The molecule has 1 amide bonds. The third-order valence-corrected chi connectivity index (χ3v) is 3.93. The minimum Gasteiger partial charge on any atom is -0.490 e. The van der Waals surface area contributed by atoms with Crippen LogP contribution in [0.4, 0.5) is 5.69 Å². The fourth-order valence-corrected chi connectivity index (χ4v) is 2.78. The Morgan fingerprint density at radius 3 is 2.65 bits per heavy atom. The van der Waals surface area contributed by atoms with Gasteiger partial charge in [0.15, 0.2) is 0 Å². The van der Waals surface area contributed by atoms with Crippen LogP contribution in [-0.2, 0) is 0 Å². The molecule has 2 aromatic rings. The van der Waals surface area contributed by atoms with Crippen molar-refractivity contribution >= 4 is 11.6 Å². The molecule has 118 valence electrons. The molecule has 4 heteroatoms. The van der Waals surface area contributed by atoms with Gasteiger partial charge in [-0.1, -0.05) is 36.9 Å². The highest BCUT2D eigenvalue weighted by Gasteiger charge is 2.31. The predicted octanol–water partition coefficient (Wildman–Crippen LogP) is 3.84. The number of nitrogens with one attached hydrogen (secondary N) is 1. The van der Waals surface area contributed by atoms with Crippen molar-refractivity contribution in [2.75, 3.05) is 18.5 Å². The van der Waals surface area contributed by atoms with E-state index < -0.39 is 0 Å². The maximum absolute atomic E-state index is 12.7. The van der Waals surface area contributed by atoms with Crippen LogP contribution in [-0.4, -0.2) is 24.0 Å². The Hall–Kier alpha value is -2.75. The zero-order valence-corrected chi connectivity index (χ0v) is 13.2. The van der Waals surface area contributed by atoms with Crippen molar-refractivity contribution in [2.24, 2.45) is 0 Å². The molecule has 0 aliphatic carbocycles. The van der Waals surface area contributed by atoms with Gasteiger partial charge in [0.05, 0.1) is 5.56 Å². The van der Waals surface area contributed by atoms with Gasteiger partial charge in [-0.25, -0.2) is 0 Å². The van der Waals surface area contributed by atoms with Crippen LogP contribution in [0.1, 0.15) is 29.0 Å². The smallest absolute Gasteiger partial charge is 0.257 e. The van der Waals surface area contributed by atoms with Crippen molar-refractivity contribution in [1.29, 1.82) is 0 Å². The SMILES string of the molecule is C=CCOc1ccc(C2Nc3ccccc3C(=O)N2CC)cc1. The minimum absolute atomic E-state index is 0.0545. The summed E-state index contributed by atoms with van der Waals surface area (Å²) in [6.07, 6.45) is 1.54. The van der Waals surface area contributed by atoms with Gasteiger partial charge >= 0.3 is 0 Å². The fourth-order valence-electron chi connectivity index (χ4n) is 2.78. The standard InChI is InChI=1S/C19H20N2O2/c1-3-13-23-15-11-9-14(10-12-15)18-20-17-8-6-5-7-16(17)19(22)21(18)4-2/h3,5-12,18,20H,1,4,13H2,2H3. The summed E-state index contributed by atoms with van der Waals surface area (Å²) in [7, 11) is 0. The average Bonchev–Trinajstić information content (AvgIpc) is 2.60. The zero-order valence-electron chi connectivity index (χ0n) is 13.2. The third kappa shape index (κ3) is 2.93. The lowest BCUT2D eigenvalue weighted by Gasteiger charge is -2.37. The monoisotopic (exact) mass is 308 g/mol. The first-order chi connectivity index (χ1) is 11.2. The number of carbonyl (C=O) groups excluding carboxylic acids is 1. The molecule has 0 bridgehead atoms. The normalized spacial score (nSPS) is 16.5. The van der Waals surface area contributed by atoms with E-state index in [1.54, 1.807) is 6.08 Å². The van der Waals surface area contributed by atoms with Crippen molar-refractivity contribution in [3.8, 4) is 5.75 Å². The summed E-state index contributed by atoms with van der Waals surface area (Å²) >= 11 is 0. The molecule has 0 spiro atoms. The molecule has 0 radical (unpaired) electrons. The number of para-hydroxylation sites is 1. The van der Waals surface area contributed by atoms with E-state index in [0.29, 0.717) is 13.2 Å². The number of nitrogens with zero attached hydrogens (tertiary/aromatic N) is 1. The summed E-state index contributed by atoms with van der Waals surface area (Å²) < 4.78 is 5.51. The highest BCUT2D eigenvalue weighted by molar-refractivity contribution is 6.01. The van der Waals surface area contributed by atoms with Crippen LogP contribution in [0, 0.1) is 0 Å². The molecule has 1 atom stereocenters. The van der Waals surface area contributed by atoms with Gasteiger partial charge in [0.2, 0.25) is 0 Å². The topological polar surface area (TPSA) is 41.6 Å². The van der Waals surface area contributed by atoms with Gasteiger partial charge in [-0.2, -0.15) is 0 Å². The molecular formula is C19H20N2O2. The van der Waals surface area contributed by atoms with Crippen molar-refractivity contribution < 1.29 is 9.53 Å². The molecule has 0 saturated heterocycles. The second kappa shape index (κ2) is 6.57. The van der Waals surface area contributed by atoms with Crippen molar-refractivity contribution in [3.05, 3.63) is 72.3 Å². The molecule has 1 heterocycles. The summed E-state index contributed by atoms with van der Waals surface area (Å²) in [4.78, 5) is 14.5. The molecule has 0 fully saturated rings.